The van der Waals surface area contributed by atoms with E-state index in [1.807, 2.05) is 13.8 Å². The van der Waals surface area contributed by atoms with E-state index in [2.05, 4.69) is 10.6 Å². The number of hydrogen-bond donors (Lipinski definition) is 3. The summed E-state index contributed by atoms with van der Waals surface area (Å²) in [5.41, 5.74) is 5.36. The molecule has 0 aromatic heterocycles. The maximum absolute atomic E-state index is 12.5. The highest BCUT2D eigenvalue weighted by Crippen LogP contribution is 2.18. The summed E-state index contributed by atoms with van der Waals surface area (Å²) in [6.45, 7) is 3.88. The highest BCUT2D eigenvalue weighted by molar-refractivity contribution is 5.93. The Morgan fingerprint density at radius 2 is 2.09 bits per heavy atom. The third-order valence-corrected chi connectivity index (χ3v) is 4.18. The number of rotatable bonds is 8. The lowest BCUT2D eigenvalue weighted by atomic mass is 9.97. The molecule has 0 saturated carbocycles. The Balaban J connectivity index is 2.77. The number of amides is 3. The summed E-state index contributed by atoms with van der Waals surface area (Å²) >= 11 is 0. The molecule has 1 radical (unpaired) electrons. The zero-order valence-corrected chi connectivity index (χ0v) is 13.6. The summed E-state index contributed by atoms with van der Waals surface area (Å²) in [6, 6.07) is -1.35. The van der Waals surface area contributed by atoms with Gasteiger partial charge in [0.05, 0.1) is 13.1 Å². The van der Waals surface area contributed by atoms with E-state index in [1.165, 1.54) is 4.90 Å². The third kappa shape index (κ3) is 5.02. The predicted octanol–water partition coefficient (Wildman–Crippen LogP) is -1.31. The van der Waals surface area contributed by atoms with Gasteiger partial charge in [0.15, 0.2) is 0 Å². The molecule has 0 aromatic rings. The van der Waals surface area contributed by atoms with Gasteiger partial charge in [0.25, 0.3) is 0 Å². The number of nitrogens with two attached hydrogens (primary N) is 1. The molecule has 0 bridgehead atoms. The zero-order chi connectivity index (χ0) is 17.4. The Kier molecular flexibility index (Phi) is 7.67. The quantitative estimate of drug-likeness (QED) is 0.512. The maximum Gasteiger partial charge on any atom is 0.243 e. The van der Waals surface area contributed by atoms with Gasteiger partial charge in [-0.1, -0.05) is 20.3 Å². The van der Waals surface area contributed by atoms with Crippen molar-refractivity contribution in [2.45, 2.75) is 45.2 Å². The number of likely N-dealkylation sites (tertiary alicyclic amines) is 1. The second kappa shape index (κ2) is 9.24. The highest BCUT2D eigenvalue weighted by atomic mass is 16.2. The fraction of sp³-hybridized carbons (Fsp3) is 0.733. The van der Waals surface area contributed by atoms with Gasteiger partial charge in [-0.05, 0) is 18.8 Å². The van der Waals surface area contributed by atoms with Gasteiger partial charge >= 0.3 is 0 Å². The third-order valence-electron chi connectivity index (χ3n) is 4.18. The molecular formula is C15H25N4O4. The van der Waals surface area contributed by atoms with Crippen molar-refractivity contribution in [1.29, 1.82) is 0 Å². The summed E-state index contributed by atoms with van der Waals surface area (Å²) < 4.78 is 0. The monoisotopic (exact) mass is 325 g/mol. The summed E-state index contributed by atoms with van der Waals surface area (Å²) in [7, 11) is 0. The van der Waals surface area contributed by atoms with Crippen molar-refractivity contribution in [3.8, 4) is 0 Å². The Morgan fingerprint density at radius 1 is 1.39 bits per heavy atom. The molecule has 1 heterocycles. The van der Waals surface area contributed by atoms with Gasteiger partial charge < -0.3 is 21.3 Å². The fourth-order valence-corrected chi connectivity index (χ4v) is 2.64. The second-order valence-corrected chi connectivity index (χ2v) is 5.68. The van der Waals surface area contributed by atoms with Crippen LogP contribution in [0.1, 0.15) is 33.1 Å². The number of hydrogen-bond acceptors (Lipinski definition) is 5. The summed E-state index contributed by atoms with van der Waals surface area (Å²) in [6.07, 6.45) is 3.54. The molecule has 1 aliphatic heterocycles. The highest BCUT2D eigenvalue weighted by Gasteiger charge is 2.36. The van der Waals surface area contributed by atoms with Crippen molar-refractivity contribution < 1.29 is 19.2 Å². The van der Waals surface area contributed by atoms with E-state index in [0.29, 0.717) is 19.4 Å². The Hall–Kier alpha value is -1.96. The first kappa shape index (κ1) is 19.1. The molecule has 1 rings (SSSR count). The standard InChI is InChI=1S/C15H25N4O4/c1-3-10(2)13(15(23)17-6-8-20)18-14(22)11-5-4-7-19(11)12(21)9-16/h10-11,13H,3-7,9,16H2,1-2H3,(H,17,23)(H,18,22)/t10-,11-,13-/m0/s1. The first-order chi connectivity index (χ1) is 11.0. The van der Waals surface area contributed by atoms with Crippen molar-refractivity contribution in [1.82, 2.24) is 15.5 Å². The van der Waals surface area contributed by atoms with Crippen molar-refractivity contribution >= 4 is 24.0 Å². The largest absolute Gasteiger partial charge is 0.347 e. The number of carbonyl (C=O) groups is 3. The molecule has 1 aliphatic rings. The Morgan fingerprint density at radius 3 is 2.65 bits per heavy atom. The van der Waals surface area contributed by atoms with Crippen LogP contribution in [0.5, 0.6) is 0 Å². The molecule has 3 amide bonds. The Labute approximate surface area is 136 Å². The minimum Gasteiger partial charge on any atom is -0.347 e. The van der Waals surface area contributed by atoms with Crippen LogP contribution in [-0.2, 0) is 19.2 Å². The average Bonchev–Trinajstić information content (AvgIpc) is 3.05. The molecular weight excluding hydrogens is 300 g/mol. The molecule has 129 valence electrons. The van der Waals surface area contributed by atoms with Crippen molar-refractivity contribution in [2.75, 3.05) is 19.6 Å². The molecule has 0 aromatic carbocycles. The van der Waals surface area contributed by atoms with Crippen molar-refractivity contribution in [3.05, 3.63) is 0 Å². The van der Waals surface area contributed by atoms with Crippen molar-refractivity contribution in [3.63, 3.8) is 0 Å². The zero-order valence-electron chi connectivity index (χ0n) is 13.6. The van der Waals surface area contributed by atoms with E-state index >= 15 is 0 Å². The number of carbonyl (C=O) groups excluding carboxylic acids is 4. The molecule has 4 N–H and O–H groups in total. The van der Waals surface area contributed by atoms with E-state index < -0.39 is 18.0 Å². The first-order valence-electron chi connectivity index (χ1n) is 7.88. The van der Waals surface area contributed by atoms with E-state index in [1.54, 1.807) is 6.29 Å². The van der Waals surface area contributed by atoms with Crippen LogP contribution >= 0.6 is 0 Å². The van der Waals surface area contributed by atoms with Crippen LogP contribution in [0.15, 0.2) is 0 Å². The summed E-state index contributed by atoms with van der Waals surface area (Å²) in [5, 5.41) is 5.12. The van der Waals surface area contributed by atoms with Crippen LogP contribution in [0.4, 0.5) is 0 Å². The van der Waals surface area contributed by atoms with Gasteiger partial charge in [0, 0.05) is 6.54 Å². The van der Waals surface area contributed by atoms with Crippen LogP contribution in [0.25, 0.3) is 0 Å². The van der Waals surface area contributed by atoms with Crippen LogP contribution < -0.4 is 16.4 Å². The molecule has 3 atom stereocenters. The fourth-order valence-electron chi connectivity index (χ4n) is 2.64. The van der Waals surface area contributed by atoms with Crippen molar-refractivity contribution in [2.24, 2.45) is 11.7 Å². The summed E-state index contributed by atoms with van der Waals surface area (Å²) in [5.74, 6) is -1.17. The first-order valence-corrected chi connectivity index (χ1v) is 7.88. The molecule has 1 fully saturated rings. The minimum atomic E-state index is -0.753. The van der Waals surface area contributed by atoms with E-state index in [0.717, 1.165) is 6.42 Å². The average molecular weight is 325 g/mol. The molecule has 8 nitrogen and oxygen atoms in total. The normalized spacial score (nSPS) is 19.8. The predicted molar refractivity (Wildman–Crippen MR) is 83.9 cm³/mol. The van der Waals surface area contributed by atoms with Gasteiger partial charge in [-0.15, -0.1) is 0 Å². The molecule has 1 saturated heterocycles. The minimum absolute atomic E-state index is 0.106. The van der Waals surface area contributed by atoms with Crippen LogP contribution in [0, 0.1) is 5.92 Å². The van der Waals surface area contributed by atoms with E-state index in [9.17, 15) is 19.2 Å². The molecule has 0 aliphatic carbocycles. The van der Waals surface area contributed by atoms with Gasteiger partial charge in [-0.25, -0.2) is 0 Å². The number of nitrogens with zero attached hydrogens (tertiary/aromatic N) is 1. The van der Waals surface area contributed by atoms with Gasteiger partial charge in [-0.2, -0.15) is 0 Å². The van der Waals surface area contributed by atoms with E-state index in [4.69, 9.17) is 5.73 Å². The van der Waals surface area contributed by atoms with Crippen LogP contribution in [-0.4, -0.2) is 60.6 Å². The molecule has 8 heteroatoms. The lowest BCUT2D eigenvalue weighted by Crippen LogP contribution is -2.55. The Bertz CT molecular complexity index is 455. The summed E-state index contributed by atoms with van der Waals surface area (Å²) in [4.78, 5) is 48.1. The topological polar surface area (TPSA) is 122 Å². The molecule has 23 heavy (non-hydrogen) atoms. The smallest absolute Gasteiger partial charge is 0.243 e. The SMILES string of the molecule is CC[C@H](C)[C@H](NC(=O)[C@@H]1CCCN1C(=O)CN)C(=O)NC[C]=O. The van der Waals surface area contributed by atoms with Gasteiger partial charge in [-0.3, -0.25) is 19.2 Å². The van der Waals surface area contributed by atoms with E-state index in [-0.39, 0.29) is 30.8 Å². The second-order valence-electron chi connectivity index (χ2n) is 5.68. The molecule has 0 spiro atoms. The maximum atomic E-state index is 12.5. The lowest BCUT2D eigenvalue weighted by molar-refractivity contribution is -0.139. The lowest BCUT2D eigenvalue weighted by Gasteiger charge is -2.28. The van der Waals surface area contributed by atoms with Crippen LogP contribution in [0.2, 0.25) is 0 Å². The van der Waals surface area contributed by atoms with Gasteiger partial charge in [0.1, 0.15) is 12.1 Å². The van der Waals surface area contributed by atoms with Gasteiger partial charge in [0.2, 0.25) is 24.0 Å². The van der Waals surface area contributed by atoms with Crippen LogP contribution in [0.3, 0.4) is 0 Å². The number of nitrogens with one attached hydrogen (secondary N) is 2. The molecule has 0 unspecified atom stereocenters.